The molecule has 0 radical (unpaired) electrons. The zero-order valence-electron chi connectivity index (χ0n) is 10.7. The third-order valence-corrected chi connectivity index (χ3v) is 4.33. The number of carbonyl (C=O) groups is 2. The molecule has 2 heterocycles. The van der Waals surface area contributed by atoms with E-state index in [0.717, 1.165) is 0 Å². The Labute approximate surface area is 129 Å². The van der Waals surface area contributed by atoms with E-state index in [1.165, 1.54) is 22.3 Å². The first-order chi connectivity index (χ1) is 10.1. The molecule has 1 aromatic carbocycles. The number of hydrogen-bond donors (Lipinski definition) is 1. The Morgan fingerprint density at radius 1 is 1.29 bits per heavy atom. The fourth-order valence-corrected chi connectivity index (χ4v) is 3.18. The summed E-state index contributed by atoms with van der Waals surface area (Å²) in [6.07, 6.45) is 0. The Balaban J connectivity index is 2.03. The van der Waals surface area contributed by atoms with E-state index < -0.39 is 5.97 Å². The van der Waals surface area contributed by atoms with Crippen LogP contribution in [0, 0.1) is 0 Å². The van der Waals surface area contributed by atoms with Gasteiger partial charge in [-0.2, -0.15) is 0 Å². The van der Waals surface area contributed by atoms with Gasteiger partial charge in [-0.3, -0.25) is 4.79 Å². The molecule has 1 aliphatic rings. The smallest absolute Gasteiger partial charge is 0.339 e. The quantitative estimate of drug-likeness (QED) is 0.922. The summed E-state index contributed by atoms with van der Waals surface area (Å²) in [6, 6.07) is 8.05. The number of halogens is 1. The van der Waals surface area contributed by atoms with E-state index in [0.29, 0.717) is 21.4 Å². The standard InChI is InChI=1S/C14H10ClNO4S/c15-11-5-4-10(21-11)13(17)16-6-7-20-12-8(14(18)19)2-1-3-9(12)16/h1-5H,6-7H2,(H,18,19). The van der Waals surface area contributed by atoms with Crippen molar-refractivity contribution >= 4 is 40.5 Å². The van der Waals surface area contributed by atoms with E-state index in [2.05, 4.69) is 0 Å². The molecule has 0 aliphatic carbocycles. The number of carboxylic acid groups (broad SMARTS) is 1. The van der Waals surface area contributed by atoms with Crippen molar-refractivity contribution in [2.75, 3.05) is 18.1 Å². The van der Waals surface area contributed by atoms with Crippen LogP contribution in [0.2, 0.25) is 4.34 Å². The van der Waals surface area contributed by atoms with Crippen LogP contribution in [-0.2, 0) is 0 Å². The molecule has 5 nitrogen and oxygen atoms in total. The number of thiophene rings is 1. The average molecular weight is 324 g/mol. The average Bonchev–Trinajstić information content (AvgIpc) is 2.91. The Morgan fingerprint density at radius 3 is 2.76 bits per heavy atom. The maximum absolute atomic E-state index is 12.5. The minimum absolute atomic E-state index is 0.0502. The number of carboxylic acids is 1. The molecule has 0 saturated carbocycles. The van der Waals surface area contributed by atoms with Crippen molar-refractivity contribution in [3.8, 4) is 5.75 Å². The molecule has 0 unspecified atom stereocenters. The van der Waals surface area contributed by atoms with Crippen molar-refractivity contribution in [3.63, 3.8) is 0 Å². The molecule has 0 fully saturated rings. The Hall–Kier alpha value is -2.05. The number of amides is 1. The van der Waals surface area contributed by atoms with E-state index in [9.17, 15) is 14.7 Å². The van der Waals surface area contributed by atoms with Crippen molar-refractivity contribution in [2.45, 2.75) is 0 Å². The Kier molecular flexibility index (Phi) is 3.57. The molecule has 3 rings (SSSR count). The summed E-state index contributed by atoms with van der Waals surface area (Å²) in [5.74, 6) is -1.06. The highest BCUT2D eigenvalue weighted by molar-refractivity contribution is 7.18. The molecule has 108 valence electrons. The van der Waals surface area contributed by atoms with E-state index in [-0.39, 0.29) is 23.8 Å². The van der Waals surface area contributed by atoms with Crippen molar-refractivity contribution in [2.24, 2.45) is 0 Å². The Bertz CT molecular complexity index is 728. The van der Waals surface area contributed by atoms with Crippen molar-refractivity contribution in [3.05, 3.63) is 45.1 Å². The molecule has 1 N–H and O–H groups in total. The molecule has 1 amide bonds. The van der Waals surface area contributed by atoms with Crippen LogP contribution in [0.1, 0.15) is 20.0 Å². The van der Waals surface area contributed by atoms with Gasteiger partial charge in [-0.15, -0.1) is 11.3 Å². The molecule has 0 atom stereocenters. The van der Waals surface area contributed by atoms with Gasteiger partial charge in [-0.05, 0) is 24.3 Å². The number of rotatable bonds is 2. The fraction of sp³-hybridized carbons (Fsp3) is 0.143. The largest absolute Gasteiger partial charge is 0.489 e. The zero-order valence-corrected chi connectivity index (χ0v) is 12.3. The second kappa shape index (κ2) is 5.38. The highest BCUT2D eigenvalue weighted by Crippen LogP contribution is 2.36. The number of nitrogens with zero attached hydrogens (tertiary/aromatic N) is 1. The molecular weight excluding hydrogens is 314 g/mol. The minimum Gasteiger partial charge on any atom is -0.489 e. The first kappa shape index (κ1) is 13.9. The van der Waals surface area contributed by atoms with Gasteiger partial charge in [0.25, 0.3) is 5.91 Å². The van der Waals surface area contributed by atoms with Gasteiger partial charge < -0.3 is 14.7 Å². The van der Waals surface area contributed by atoms with Crippen LogP contribution in [0.15, 0.2) is 30.3 Å². The number of ether oxygens (including phenoxy) is 1. The van der Waals surface area contributed by atoms with Crippen molar-refractivity contribution in [1.29, 1.82) is 0 Å². The lowest BCUT2D eigenvalue weighted by Crippen LogP contribution is -2.38. The summed E-state index contributed by atoms with van der Waals surface area (Å²) in [6.45, 7) is 0.618. The summed E-state index contributed by atoms with van der Waals surface area (Å²) in [5.41, 5.74) is 0.518. The number of benzene rings is 1. The van der Waals surface area contributed by atoms with E-state index >= 15 is 0 Å². The molecule has 0 saturated heterocycles. The molecular formula is C14H10ClNO4S. The van der Waals surface area contributed by atoms with Crippen LogP contribution in [0.25, 0.3) is 0 Å². The first-order valence-corrected chi connectivity index (χ1v) is 7.33. The lowest BCUT2D eigenvalue weighted by molar-refractivity contribution is 0.0690. The number of fused-ring (bicyclic) bond motifs is 1. The molecule has 1 aliphatic heterocycles. The predicted molar refractivity (Wildman–Crippen MR) is 79.9 cm³/mol. The summed E-state index contributed by atoms with van der Waals surface area (Å²) in [4.78, 5) is 25.8. The molecule has 2 aromatic rings. The summed E-state index contributed by atoms with van der Waals surface area (Å²) in [5, 5.41) is 9.19. The van der Waals surface area contributed by atoms with Gasteiger partial charge in [0, 0.05) is 0 Å². The lowest BCUT2D eigenvalue weighted by Gasteiger charge is -2.29. The van der Waals surface area contributed by atoms with Crippen LogP contribution < -0.4 is 9.64 Å². The maximum atomic E-state index is 12.5. The minimum atomic E-state index is -1.08. The molecule has 0 spiro atoms. The monoisotopic (exact) mass is 323 g/mol. The van der Waals surface area contributed by atoms with Gasteiger partial charge >= 0.3 is 5.97 Å². The molecule has 0 bridgehead atoms. The van der Waals surface area contributed by atoms with Crippen molar-refractivity contribution in [1.82, 2.24) is 0 Å². The summed E-state index contributed by atoms with van der Waals surface area (Å²) < 4.78 is 5.97. The van der Waals surface area contributed by atoms with Crippen LogP contribution >= 0.6 is 22.9 Å². The van der Waals surface area contributed by atoms with E-state index in [4.69, 9.17) is 16.3 Å². The number of aromatic carboxylic acids is 1. The van der Waals surface area contributed by atoms with Crippen LogP contribution in [-0.4, -0.2) is 30.1 Å². The number of carbonyl (C=O) groups excluding carboxylic acids is 1. The zero-order chi connectivity index (χ0) is 15.0. The van der Waals surface area contributed by atoms with Gasteiger partial charge in [0.2, 0.25) is 0 Å². The second-order valence-corrected chi connectivity index (χ2v) is 6.08. The Morgan fingerprint density at radius 2 is 2.10 bits per heavy atom. The molecule has 1 aromatic heterocycles. The predicted octanol–water partition coefficient (Wildman–Crippen LogP) is 3.14. The third kappa shape index (κ3) is 2.48. The summed E-state index contributed by atoms with van der Waals surface area (Å²) in [7, 11) is 0. The highest BCUT2D eigenvalue weighted by atomic mass is 35.5. The van der Waals surface area contributed by atoms with E-state index in [1.807, 2.05) is 0 Å². The highest BCUT2D eigenvalue weighted by Gasteiger charge is 2.28. The topological polar surface area (TPSA) is 66.8 Å². The molecule has 7 heteroatoms. The van der Waals surface area contributed by atoms with Crippen LogP contribution in [0.4, 0.5) is 5.69 Å². The maximum Gasteiger partial charge on any atom is 0.339 e. The van der Waals surface area contributed by atoms with Crippen LogP contribution in [0.5, 0.6) is 5.75 Å². The van der Waals surface area contributed by atoms with Gasteiger partial charge in [0.05, 0.1) is 21.4 Å². The van der Waals surface area contributed by atoms with Gasteiger partial charge in [-0.25, -0.2) is 4.79 Å². The number of hydrogen-bond acceptors (Lipinski definition) is 4. The first-order valence-electron chi connectivity index (χ1n) is 6.14. The third-order valence-electron chi connectivity index (χ3n) is 3.11. The van der Waals surface area contributed by atoms with Gasteiger partial charge in [0.1, 0.15) is 12.2 Å². The lowest BCUT2D eigenvalue weighted by atomic mass is 10.1. The number of para-hydroxylation sites is 1. The van der Waals surface area contributed by atoms with Gasteiger partial charge in [-0.1, -0.05) is 17.7 Å². The number of anilines is 1. The summed E-state index contributed by atoms with van der Waals surface area (Å²) >= 11 is 7.05. The van der Waals surface area contributed by atoms with E-state index in [1.54, 1.807) is 24.3 Å². The normalized spacial score (nSPS) is 13.5. The molecule has 21 heavy (non-hydrogen) atoms. The van der Waals surface area contributed by atoms with Crippen molar-refractivity contribution < 1.29 is 19.4 Å². The van der Waals surface area contributed by atoms with Gasteiger partial charge in [0.15, 0.2) is 5.75 Å². The second-order valence-electron chi connectivity index (χ2n) is 4.37. The fourth-order valence-electron chi connectivity index (χ4n) is 2.19. The van der Waals surface area contributed by atoms with Crippen LogP contribution in [0.3, 0.4) is 0 Å². The SMILES string of the molecule is O=C(O)c1cccc2c1OCCN2C(=O)c1ccc(Cl)s1.